The van der Waals surface area contributed by atoms with Gasteiger partial charge in [-0.25, -0.2) is 9.67 Å². The molecule has 0 unspecified atom stereocenters. The van der Waals surface area contributed by atoms with Crippen LogP contribution in [0.2, 0.25) is 5.02 Å². The fraction of sp³-hybridized carbons (Fsp3) is 0.158. The van der Waals surface area contributed by atoms with Crippen LogP contribution in [0.4, 0.5) is 18.9 Å². The Morgan fingerprint density at radius 2 is 2.00 bits per heavy atom. The van der Waals surface area contributed by atoms with Crippen LogP contribution in [0.3, 0.4) is 0 Å². The van der Waals surface area contributed by atoms with Gasteiger partial charge in [-0.05, 0) is 34.1 Å². The average Bonchev–Trinajstić information content (AvgIpc) is 3.42. The third-order valence-electron chi connectivity index (χ3n) is 4.49. The number of fused-ring (bicyclic) bond motifs is 1. The van der Waals surface area contributed by atoms with Crippen molar-refractivity contribution in [1.29, 1.82) is 0 Å². The van der Waals surface area contributed by atoms with E-state index in [1.807, 2.05) is 0 Å². The van der Waals surface area contributed by atoms with Crippen molar-refractivity contribution >= 4 is 45.0 Å². The van der Waals surface area contributed by atoms with Gasteiger partial charge in [0.2, 0.25) is 6.79 Å². The number of halogens is 5. The van der Waals surface area contributed by atoms with Crippen LogP contribution in [0, 0.1) is 0 Å². The minimum absolute atomic E-state index is 0.0139. The molecule has 0 atom stereocenters. The maximum Gasteiger partial charge on any atom is 0.435 e. The molecule has 1 aromatic carbocycles. The lowest BCUT2D eigenvalue weighted by atomic mass is 10.1. The number of carbonyl (C=O) groups is 2. The summed E-state index contributed by atoms with van der Waals surface area (Å²) in [4.78, 5) is 29.5. The lowest BCUT2D eigenvalue weighted by molar-refractivity contribution is -0.141. The molecule has 0 bridgehead atoms. The number of nitrogens with zero attached hydrogens (tertiary/aromatic N) is 3. The van der Waals surface area contributed by atoms with Crippen LogP contribution in [0.1, 0.15) is 26.5 Å². The average molecular weight is 547 g/mol. The van der Waals surface area contributed by atoms with E-state index in [0.29, 0.717) is 10.7 Å². The Bertz CT molecular complexity index is 1280. The van der Waals surface area contributed by atoms with E-state index in [1.54, 1.807) is 0 Å². The minimum atomic E-state index is -4.84. The zero-order valence-corrected chi connectivity index (χ0v) is 18.8. The van der Waals surface area contributed by atoms with Gasteiger partial charge < -0.3 is 20.1 Å². The molecule has 2 aromatic heterocycles. The van der Waals surface area contributed by atoms with Gasteiger partial charge in [-0.15, -0.1) is 0 Å². The van der Waals surface area contributed by atoms with Crippen LogP contribution in [0.5, 0.6) is 11.5 Å². The number of anilines is 1. The normalized spacial score (nSPS) is 12.5. The summed E-state index contributed by atoms with van der Waals surface area (Å²) in [6.07, 6.45) is -3.55. The summed E-state index contributed by atoms with van der Waals surface area (Å²) in [5.74, 6) is -1.31. The van der Waals surface area contributed by atoms with Crippen molar-refractivity contribution in [3.05, 3.63) is 56.9 Å². The molecular weight excluding hydrogens is 535 g/mol. The van der Waals surface area contributed by atoms with E-state index in [-0.39, 0.29) is 44.9 Å². The lowest BCUT2D eigenvalue weighted by Crippen LogP contribution is -2.23. The van der Waals surface area contributed by atoms with Crippen molar-refractivity contribution in [2.45, 2.75) is 6.18 Å². The molecule has 172 valence electrons. The molecule has 0 spiro atoms. The molecule has 3 heterocycles. The second-order valence-electron chi connectivity index (χ2n) is 6.51. The fourth-order valence-electron chi connectivity index (χ4n) is 2.99. The highest BCUT2D eigenvalue weighted by molar-refractivity contribution is 9.10. The third kappa shape index (κ3) is 4.20. The summed E-state index contributed by atoms with van der Waals surface area (Å²) < 4.78 is 51.6. The molecule has 0 radical (unpaired) electrons. The van der Waals surface area contributed by atoms with Crippen molar-refractivity contribution in [3.8, 4) is 17.3 Å². The molecule has 1 aliphatic rings. The Kier molecular flexibility index (Phi) is 5.93. The Labute approximate surface area is 197 Å². The Balaban J connectivity index is 1.83. The quantitative estimate of drug-likeness (QED) is 0.512. The van der Waals surface area contributed by atoms with E-state index >= 15 is 0 Å². The first-order valence-electron chi connectivity index (χ1n) is 9.05. The zero-order chi connectivity index (χ0) is 23.9. The van der Waals surface area contributed by atoms with Gasteiger partial charge in [0.1, 0.15) is 5.69 Å². The van der Waals surface area contributed by atoms with Gasteiger partial charge in [-0.1, -0.05) is 11.6 Å². The molecule has 3 aromatic rings. The molecule has 33 heavy (non-hydrogen) atoms. The molecule has 4 rings (SSSR count). The molecule has 2 amide bonds. The monoisotopic (exact) mass is 545 g/mol. The topological polar surface area (TPSA) is 107 Å². The molecule has 0 aliphatic carbocycles. The van der Waals surface area contributed by atoms with Crippen molar-refractivity contribution in [2.24, 2.45) is 0 Å². The molecule has 0 saturated carbocycles. The summed E-state index contributed by atoms with van der Waals surface area (Å²) in [6, 6.07) is 4.76. The van der Waals surface area contributed by atoms with Gasteiger partial charge in [0.25, 0.3) is 11.8 Å². The zero-order valence-electron chi connectivity index (χ0n) is 16.5. The first kappa shape index (κ1) is 22.9. The first-order valence-corrected chi connectivity index (χ1v) is 10.2. The maximum absolute atomic E-state index is 13.4. The van der Waals surface area contributed by atoms with Crippen LogP contribution in [-0.4, -0.2) is 40.4 Å². The van der Waals surface area contributed by atoms with E-state index in [0.717, 1.165) is 0 Å². The molecule has 1 aliphatic heterocycles. The second kappa shape index (κ2) is 8.56. The SMILES string of the molecule is CNC(=O)c1cc2c(c(Br)c1NC(=O)c1cc(C(F)(F)F)nn1-c1ncccc1Cl)OCO2. The standard InChI is InChI=1S/C19H12BrClF3N5O4/c1-25-17(30)8-5-11-15(33-7-32-11)13(20)14(8)27-18(31)10-6-12(19(22,23)24)28-29(10)16-9(21)3-2-4-26-16/h2-6H,7H2,1H3,(H,25,30)(H,27,31). The van der Waals surface area contributed by atoms with Gasteiger partial charge >= 0.3 is 6.18 Å². The number of carbonyl (C=O) groups excluding carboxylic acids is 2. The number of hydrogen-bond acceptors (Lipinski definition) is 6. The van der Waals surface area contributed by atoms with E-state index in [2.05, 4.69) is 36.6 Å². The van der Waals surface area contributed by atoms with E-state index < -0.39 is 29.4 Å². The predicted octanol–water partition coefficient (Wildman–Crippen LogP) is 4.04. The van der Waals surface area contributed by atoms with E-state index in [9.17, 15) is 22.8 Å². The number of benzene rings is 1. The predicted molar refractivity (Wildman–Crippen MR) is 113 cm³/mol. The number of nitrogens with one attached hydrogen (secondary N) is 2. The number of alkyl halides is 3. The van der Waals surface area contributed by atoms with Gasteiger partial charge in [-0.2, -0.15) is 18.3 Å². The van der Waals surface area contributed by atoms with Gasteiger partial charge in [0, 0.05) is 19.3 Å². The number of aromatic nitrogens is 3. The highest BCUT2D eigenvalue weighted by Crippen LogP contribution is 2.45. The highest BCUT2D eigenvalue weighted by Gasteiger charge is 2.37. The maximum atomic E-state index is 13.4. The number of amides is 2. The third-order valence-corrected chi connectivity index (χ3v) is 5.54. The van der Waals surface area contributed by atoms with Crippen molar-refractivity contribution in [1.82, 2.24) is 20.1 Å². The Morgan fingerprint density at radius 1 is 1.24 bits per heavy atom. The van der Waals surface area contributed by atoms with Gasteiger partial charge in [0.05, 0.1) is 20.7 Å². The Morgan fingerprint density at radius 3 is 2.67 bits per heavy atom. The largest absolute Gasteiger partial charge is 0.454 e. The van der Waals surface area contributed by atoms with E-state index in [4.69, 9.17) is 21.1 Å². The summed E-state index contributed by atoms with van der Waals surface area (Å²) in [7, 11) is 1.38. The van der Waals surface area contributed by atoms with Crippen molar-refractivity contribution < 1.29 is 32.2 Å². The first-order chi connectivity index (χ1) is 15.6. The molecule has 2 N–H and O–H groups in total. The van der Waals surface area contributed by atoms with Crippen molar-refractivity contribution in [2.75, 3.05) is 19.2 Å². The number of hydrogen-bond donors (Lipinski definition) is 2. The highest BCUT2D eigenvalue weighted by atomic mass is 79.9. The fourth-order valence-corrected chi connectivity index (χ4v) is 3.82. The summed E-state index contributed by atoms with van der Waals surface area (Å²) in [6.45, 7) is -0.113. The molecule has 14 heteroatoms. The molecule has 0 saturated heterocycles. The summed E-state index contributed by atoms with van der Waals surface area (Å²) in [5, 5.41) is 8.32. The van der Waals surface area contributed by atoms with Crippen LogP contribution in [0.25, 0.3) is 5.82 Å². The number of ether oxygens (including phenoxy) is 2. The van der Waals surface area contributed by atoms with Crippen LogP contribution >= 0.6 is 27.5 Å². The molecule has 9 nitrogen and oxygen atoms in total. The number of rotatable bonds is 4. The summed E-state index contributed by atoms with van der Waals surface area (Å²) >= 11 is 9.32. The molecular formula is C19H12BrClF3N5O4. The van der Waals surface area contributed by atoms with Crippen LogP contribution < -0.4 is 20.1 Å². The Hall–Kier alpha value is -3.32. The summed E-state index contributed by atoms with van der Waals surface area (Å²) in [5.41, 5.74) is -1.90. The van der Waals surface area contributed by atoms with Crippen LogP contribution in [0.15, 0.2) is 34.9 Å². The van der Waals surface area contributed by atoms with Crippen LogP contribution in [-0.2, 0) is 6.18 Å². The lowest BCUT2D eigenvalue weighted by Gasteiger charge is -2.15. The number of pyridine rings is 1. The van der Waals surface area contributed by atoms with Crippen molar-refractivity contribution in [3.63, 3.8) is 0 Å². The van der Waals surface area contributed by atoms with Gasteiger partial charge in [-0.3, -0.25) is 9.59 Å². The van der Waals surface area contributed by atoms with E-state index in [1.165, 1.54) is 31.4 Å². The second-order valence-corrected chi connectivity index (χ2v) is 7.71. The minimum Gasteiger partial charge on any atom is -0.454 e. The molecule has 0 fully saturated rings. The van der Waals surface area contributed by atoms with Gasteiger partial charge in [0.15, 0.2) is 23.0 Å². The smallest absolute Gasteiger partial charge is 0.435 e.